The molecule has 1 amide bonds. The second-order valence-corrected chi connectivity index (χ2v) is 5.78. The van der Waals surface area contributed by atoms with Crippen LogP contribution in [0.2, 0.25) is 0 Å². The van der Waals surface area contributed by atoms with E-state index < -0.39 is 0 Å². The first-order valence-corrected chi connectivity index (χ1v) is 7.40. The van der Waals surface area contributed by atoms with Crippen molar-refractivity contribution < 1.29 is 4.79 Å². The first-order valence-electron chi connectivity index (χ1n) is 6.58. The summed E-state index contributed by atoms with van der Waals surface area (Å²) in [5.41, 5.74) is 8.12. The molecule has 1 aromatic rings. The van der Waals surface area contributed by atoms with E-state index in [4.69, 9.17) is 5.73 Å². The molecule has 18 heavy (non-hydrogen) atoms. The van der Waals surface area contributed by atoms with Gasteiger partial charge in [-0.1, -0.05) is 13.8 Å². The van der Waals surface area contributed by atoms with Crippen molar-refractivity contribution in [1.82, 2.24) is 5.32 Å². The highest BCUT2D eigenvalue weighted by molar-refractivity contribution is 7.17. The van der Waals surface area contributed by atoms with Crippen molar-refractivity contribution in [3.05, 3.63) is 10.4 Å². The molecule has 0 aliphatic carbocycles. The number of hydrogen-bond acceptors (Lipinski definition) is 4. The minimum absolute atomic E-state index is 0.0849. The third kappa shape index (κ3) is 2.52. The fourth-order valence-electron chi connectivity index (χ4n) is 2.33. The van der Waals surface area contributed by atoms with E-state index in [2.05, 4.69) is 10.6 Å². The molecule has 2 rings (SSSR count). The van der Waals surface area contributed by atoms with Crippen LogP contribution in [-0.4, -0.2) is 12.5 Å². The van der Waals surface area contributed by atoms with Crippen LogP contribution in [0.1, 0.15) is 37.1 Å². The number of nitrogen functional groups attached to an aromatic ring is 1. The second-order valence-electron chi connectivity index (χ2n) is 4.68. The van der Waals surface area contributed by atoms with E-state index in [9.17, 15) is 4.79 Å². The number of hydrogen-bond donors (Lipinski definition) is 3. The summed E-state index contributed by atoms with van der Waals surface area (Å²) in [6.07, 6.45) is 2.70. The number of fused-ring (bicyclic) bond motifs is 1. The zero-order chi connectivity index (χ0) is 13.1. The van der Waals surface area contributed by atoms with Gasteiger partial charge in [0, 0.05) is 17.3 Å². The molecule has 1 aromatic heterocycles. The first-order chi connectivity index (χ1) is 8.67. The maximum atomic E-state index is 12.1. The van der Waals surface area contributed by atoms with E-state index in [1.165, 1.54) is 10.4 Å². The van der Waals surface area contributed by atoms with Crippen molar-refractivity contribution in [2.75, 3.05) is 17.6 Å². The summed E-state index contributed by atoms with van der Waals surface area (Å²) >= 11 is 1.61. The largest absolute Gasteiger partial charge is 0.396 e. The van der Waals surface area contributed by atoms with Crippen LogP contribution in [0.4, 0.5) is 10.7 Å². The Balaban J connectivity index is 2.14. The number of amides is 1. The molecule has 0 saturated heterocycles. The van der Waals surface area contributed by atoms with Gasteiger partial charge in [-0.05, 0) is 31.4 Å². The molecular weight excluding hydrogens is 246 g/mol. The Morgan fingerprint density at radius 1 is 1.50 bits per heavy atom. The monoisotopic (exact) mass is 267 g/mol. The van der Waals surface area contributed by atoms with Crippen molar-refractivity contribution in [2.24, 2.45) is 5.92 Å². The van der Waals surface area contributed by atoms with Gasteiger partial charge < -0.3 is 16.4 Å². The van der Waals surface area contributed by atoms with Gasteiger partial charge in [-0.25, -0.2) is 0 Å². The van der Waals surface area contributed by atoms with E-state index in [0.29, 0.717) is 0 Å². The molecule has 0 saturated carbocycles. The third-order valence-corrected chi connectivity index (χ3v) is 4.73. The molecule has 0 atom stereocenters. The molecule has 4 nitrogen and oxygen atoms in total. The highest BCUT2D eigenvalue weighted by Crippen LogP contribution is 2.37. The Kier molecular flexibility index (Phi) is 4.24. The molecule has 0 spiro atoms. The lowest BCUT2D eigenvalue weighted by Gasteiger charge is -2.13. The van der Waals surface area contributed by atoms with E-state index in [0.717, 1.165) is 43.0 Å². The smallest absolute Gasteiger partial charge is 0.228 e. The molecule has 0 aromatic carbocycles. The molecule has 1 aliphatic rings. The quantitative estimate of drug-likeness (QED) is 0.784. The minimum Gasteiger partial charge on any atom is -0.396 e. The van der Waals surface area contributed by atoms with Crippen LogP contribution in [0.15, 0.2) is 0 Å². The van der Waals surface area contributed by atoms with Crippen molar-refractivity contribution in [3.63, 3.8) is 0 Å². The number of carbonyl (C=O) groups is 1. The van der Waals surface area contributed by atoms with Crippen LogP contribution >= 0.6 is 11.3 Å². The molecule has 0 radical (unpaired) electrons. The lowest BCUT2D eigenvalue weighted by molar-refractivity contribution is -0.120. The molecule has 1 aliphatic heterocycles. The van der Waals surface area contributed by atoms with Gasteiger partial charge in [0.15, 0.2) is 0 Å². The first kappa shape index (κ1) is 13.4. The molecule has 0 fully saturated rings. The standard InChI is InChI=1S/C13H21N3OS/c1-3-8(4-2)12(17)16-13-11(14)9-5-6-15-7-10(9)18-13/h8,15H,3-7,14H2,1-2H3,(H,16,17). The van der Waals surface area contributed by atoms with Crippen LogP contribution in [0.5, 0.6) is 0 Å². The predicted molar refractivity (Wildman–Crippen MR) is 76.8 cm³/mol. The molecule has 100 valence electrons. The number of nitrogens with one attached hydrogen (secondary N) is 2. The van der Waals surface area contributed by atoms with Gasteiger partial charge in [0.2, 0.25) is 5.91 Å². The average molecular weight is 267 g/mol. The summed E-state index contributed by atoms with van der Waals surface area (Å²) in [6.45, 7) is 5.92. The maximum Gasteiger partial charge on any atom is 0.228 e. The average Bonchev–Trinajstić information content (AvgIpc) is 2.68. The fourth-order valence-corrected chi connectivity index (χ4v) is 3.47. The van der Waals surface area contributed by atoms with Gasteiger partial charge in [-0.15, -0.1) is 11.3 Å². The van der Waals surface area contributed by atoms with Gasteiger partial charge in [-0.2, -0.15) is 0 Å². The Morgan fingerprint density at radius 3 is 2.83 bits per heavy atom. The molecule has 2 heterocycles. The Hall–Kier alpha value is -1.07. The van der Waals surface area contributed by atoms with Crippen LogP contribution in [-0.2, 0) is 17.8 Å². The van der Waals surface area contributed by atoms with E-state index in [1.807, 2.05) is 13.8 Å². The molecular formula is C13H21N3OS. The van der Waals surface area contributed by atoms with E-state index in [1.54, 1.807) is 11.3 Å². The lowest BCUT2D eigenvalue weighted by Crippen LogP contribution is -2.22. The molecule has 5 heteroatoms. The van der Waals surface area contributed by atoms with Crippen molar-refractivity contribution in [2.45, 2.75) is 39.7 Å². The van der Waals surface area contributed by atoms with Crippen molar-refractivity contribution in [1.29, 1.82) is 0 Å². The third-order valence-electron chi connectivity index (χ3n) is 3.56. The lowest BCUT2D eigenvalue weighted by atomic mass is 10.0. The maximum absolute atomic E-state index is 12.1. The Labute approximate surface area is 112 Å². The SMILES string of the molecule is CCC(CC)C(=O)Nc1sc2c(c1N)CCNC2. The highest BCUT2D eigenvalue weighted by Gasteiger charge is 2.21. The number of rotatable bonds is 4. The Morgan fingerprint density at radius 2 is 2.22 bits per heavy atom. The van der Waals surface area contributed by atoms with Gasteiger partial charge in [0.05, 0.1) is 5.69 Å². The summed E-state index contributed by atoms with van der Waals surface area (Å²) < 4.78 is 0. The normalized spacial score (nSPS) is 14.6. The van der Waals surface area contributed by atoms with Gasteiger partial charge in [0.25, 0.3) is 0 Å². The second kappa shape index (κ2) is 5.71. The van der Waals surface area contributed by atoms with Crippen molar-refractivity contribution >= 4 is 27.9 Å². The van der Waals surface area contributed by atoms with E-state index in [-0.39, 0.29) is 11.8 Å². The summed E-state index contributed by atoms with van der Waals surface area (Å²) in [5.74, 6) is 0.180. The van der Waals surface area contributed by atoms with Crippen LogP contribution in [0.25, 0.3) is 0 Å². The topological polar surface area (TPSA) is 67.2 Å². The van der Waals surface area contributed by atoms with Crippen LogP contribution in [0, 0.1) is 5.92 Å². The van der Waals surface area contributed by atoms with Gasteiger partial charge >= 0.3 is 0 Å². The molecule has 4 N–H and O–H groups in total. The van der Waals surface area contributed by atoms with E-state index >= 15 is 0 Å². The van der Waals surface area contributed by atoms with Crippen LogP contribution < -0.4 is 16.4 Å². The molecule has 0 bridgehead atoms. The fraction of sp³-hybridized carbons (Fsp3) is 0.615. The highest BCUT2D eigenvalue weighted by atomic mass is 32.1. The number of carbonyl (C=O) groups excluding carboxylic acids is 1. The van der Waals surface area contributed by atoms with Gasteiger partial charge in [0.1, 0.15) is 5.00 Å². The summed E-state index contributed by atoms with van der Waals surface area (Å²) in [4.78, 5) is 13.3. The van der Waals surface area contributed by atoms with Crippen LogP contribution in [0.3, 0.4) is 0 Å². The predicted octanol–water partition coefficient (Wildman–Crippen LogP) is 2.35. The molecule has 0 unspecified atom stereocenters. The minimum atomic E-state index is 0.0849. The number of thiophene rings is 1. The Bertz CT molecular complexity index is 438. The zero-order valence-electron chi connectivity index (χ0n) is 11.0. The summed E-state index contributed by atoms with van der Waals surface area (Å²) in [5, 5.41) is 7.15. The van der Waals surface area contributed by atoms with Gasteiger partial charge in [-0.3, -0.25) is 4.79 Å². The summed E-state index contributed by atoms with van der Waals surface area (Å²) in [7, 11) is 0. The zero-order valence-corrected chi connectivity index (χ0v) is 11.8. The summed E-state index contributed by atoms with van der Waals surface area (Å²) in [6, 6.07) is 0. The van der Waals surface area contributed by atoms with Crippen molar-refractivity contribution in [3.8, 4) is 0 Å². The number of anilines is 2. The number of nitrogens with two attached hydrogens (primary N) is 1.